The average molecular weight is 558 g/mol. The maximum absolute atomic E-state index is 13.6. The van der Waals surface area contributed by atoms with Gasteiger partial charge in [-0.3, -0.25) is 9.59 Å². The number of benzene rings is 3. The highest BCUT2D eigenvalue weighted by Gasteiger charge is 2.37. The highest BCUT2D eigenvalue weighted by Crippen LogP contribution is 2.41. The predicted molar refractivity (Wildman–Crippen MR) is 137 cm³/mol. The summed E-state index contributed by atoms with van der Waals surface area (Å²) in [5.41, 5.74) is -0.891. The van der Waals surface area contributed by atoms with E-state index in [2.05, 4.69) is 10.6 Å². The van der Waals surface area contributed by atoms with Crippen molar-refractivity contribution < 1.29 is 48.1 Å². The van der Waals surface area contributed by atoms with E-state index < -0.39 is 75.4 Å². The summed E-state index contributed by atoms with van der Waals surface area (Å²) >= 11 is 0. The van der Waals surface area contributed by atoms with Gasteiger partial charge in [-0.2, -0.15) is 0 Å². The Bertz CT molecular complexity index is 1510. The van der Waals surface area contributed by atoms with Crippen molar-refractivity contribution >= 4 is 38.7 Å². The molecule has 0 bridgehead atoms. The van der Waals surface area contributed by atoms with Crippen molar-refractivity contribution in [3.05, 3.63) is 82.9 Å². The number of carbonyl (C=O) groups excluding carboxylic acids is 2. The zero-order chi connectivity index (χ0) is 28.5. The first kappa shape index (κ1) is 28.3. The molecule has 4 unspecified atom stereocenters. The van der Waals surface area contributed by atoms with Gasteiger partial charge in [0.15, 0.2) is 11.6 Å². The van der Waals surface area contributed by atoms with Gasteiger partial charge in [0, 0.05) is 23.4 Å². The van der Waals surface area contributed by atoms with Gasteiger partial charge < -0.3 is 40.7 Å². The van der Waals surface area contributed by atoms with Gasteiger partial charge in [-0.05, 0) is 18.2 Å². The Balaban J connectivity index is 1.87. The second-order valence-electron chi connectivity index (χ2n) is 8.88. The zero-order valence-electron chi connectivity index (χ0n) is 20.2. The van der Waals surface area contributed by atoms with Gasteiger partial charge in [-0.15, -0.1) is 0 Å². The van der Waals surface area contributed by atoms with Gasteiger partial charge in [0.2, 0.25) is 0 Å². The molecule has 3 aromatic rings. The first-order valence-electron chi connectivity index (χ1n) is 11.7. The fourth-order valence-corrected chi connectivity index (χ4v) is 4.99. The minimum Gasteiger partial charge on any atom is -0.744 e. The van der Waals surface area contributed by atoms with Crippen molar-refractivity contribution in [2.45, 2.75) is 29.3 Å². The van der Waals surface area contributed by atoms with Crippen molar-refractivity contribution in [2.75, 3.05) is 23.8 Å². The number of nitrogens with one attached hydrogen (secondary N) is 2. The van der Waals surface area contributed by atoms with Crippen LogP contribution in [0.15, 0.2) is 65.6 Å². The topological polar surface area (TPSA) is 217 Å². The quantitative estimate of drug-likeness (QED) is 0.128. The number of anilines is 3. The Morgan fingerprint density at radius 1 is 0.795 bits per heavy atom. The van der Waals surface area contributed by atoms with Crippen LogP contribution in [0.5, 0.6) is 0 Å². The molecule has 3 aromatic carbocycles. The highest BCUT2D eigenvalue weighted by atomic mass is 32.2. The molecule has 39 heavy (non-hydrogen) atoms. The lowest BCUT2D eigenvalue weighted by molar-refractivity contribution is -0.111. The summed E-state index contributed by atoms with van der Waals surface area (Å²) in [5.74, 6) is -1.39. The maximum atomic E-state index is 13.6. The van der Waals surface area contributed by atoms with Crippen molar-refractivity contribution in [2.24, 2.45) is 0 Å². The molecule has 13 heteroatoms. The monoisotopic (exact) mass is 557 g/mol. The Hall–Kier alpha value is -3.69. The molecule has 0 amide bonds. The van der Waals surface area contributed by atoms with Crippen molar-refractivity contribution in [3.8, 4) is 0 Å². The molecule has 0 saturated heterocycles. The van der Waals surface area contributed by atoms with Crippen LogP contribution in [0, 0.1) is 0 Å². The molecule has 0 spiro atoms. The Morgan fingerprint density at radius 3 is 1.90 bits per heavy atom. The molecular formula is C26H25N2O10S-. The molecule has 4 atom stereocenters. The van der Waals surface area contributed by atoms with Gasteiger partial charge in [-0.25, -0.2) is 8.42 Å². The number of fused-ring (bicyclic) bond motifs is 2. The highest BCUT2D eigenvalue weighted by molar-refractivity contribution is 7.86. The van der Waals surface area contributed by atoms with E-state index in [0.29, 0.717) is 5.69 Å². The summed E-state index contributed by atoms with van der Waals surface area (Å²) < 4.78 is 37.1. The minimum atomic E-state index is -5.28. The third-order valence-electron chi connectivity index (χ3n) is 6.30. The Kier molecular flexibility index (Phi) is 8.13. The summed E-state index contributed by atoms with van der Waals surface area (Å²) in [6.07, 6.45) is -7.65. The molecule has 7 N–H and O–H groups in total. The normalized spacial score (nSPS) is 16.1. The average Bonchev–Trinajstić information content (AvgIpc) is 2.93. The van der Waals surface area contributed by atoms with Crippen LogP contribution in [0.2, 0.25) is 0 Å². The lowest BCUT2D eigenvalue weighted by Gasteiger charge is -2.29. The van der Waals surface area contributed by atoms with Crippen LogP contribution >= 0.6 is 0 Å². The van der Waals surface area contributed by atoms with E-state index >= 15 is 0 Å². The molecule has 0 aromatic heterocycles. The van der Waals surface area contributed by atoms with Gasteiger partial charge in [0.05, 0.1) is 40.1 Å². The van der Waals surface area contributed by atoms with Gasteiger partial charge >= 0.3 is 0 Å². The van der Waals surface area contributed by atoms with E-state index in [-0.39, 0.29) is 22.4 Å². The third-order valence-corrected chi connectivity index (χ3v) is 7.16. The van der Waals surface area contributed by atoms with E-state index in [9.17, 15) is 43.0 Å². The van der Waals surface area contributed by atoms with Gasteiger partial charge in [0.25, 0.3) is 0 Å². The standard InChI is InChI=1S/C26H26N2O10S/c29-12-18(31)26(35)25(34)17(30)11-27-22-19(39(36,37)38)10-16(28-13-6-2-1-3-7-13)20-21(22)24(33)15-9-5-4-8-14(15)23(20)32/h1-10,17-18,25-31,34-35H,11-12H2,(H,36,37,38)/p-1. The zero-order valence-corrected chi connectivity index (χ0v) is 21.0. The molecule has 206 valence electrons. The van der Waals surface area contributed by atoms with E-state index in [1.807, 2.05) is 0 Å². The Morgan fingerprint density at radius 2 is 1.33 bits per heavy atom. The van der Waals surface area contributed by atoms with Crippen LogP contribution in [0.3, 0.4) is 0 Å². The first-order chi connectivity index (χ1) is 18.5. The maximum Gasteiger partial charge on any atom is 0.196 e. The number of para-hydroxylation sites is 1. The molecular weight excluding hydrogens is 532 g/mol. The molecule has 1 aliphatic rings. The van der Waals surface area contributed by atoms with Crippen LogP contribution in [0.25, 0.3) is 0 Å². The molecule has 12 nitrogen and oxygen atoms in total. The molecule has 0 saturated carbocycles. The molecule has 0 fully saturated rings. The van der Waals surface area contributed by atoms with E-state index in [1.54, 1.807) is 36.4 Å². The molecule has 4 rings (SSSR count). The smallest absolute Gasteiger partial charge is 0.196 e. The summed E-state index contributed by atoms with van der Waals surface area (Å²) in [6, 6.07) is 15.1. The second-order valence-corrected chi connectivity index (χ2v) is 10.2. The van der Waals surface area contributed by atoms with E-state index in [1.165, 1.54) is 18.2 Å². The molecule has 0 heterocycles. The molecule has 0 radical (unpaired) electrons. The number of hydrogen-bond donors (Lipinski definition) is 7. The van der Waals surface area contributed by atoms with Gasteiger partial charge in [0.1, 0.15) is 28.4 Å². The summed E-state index contributed by atoms with van der Waals surface area (Å²) in [4.78, 5) is 26.3. The van der Waals surface area contributed by atoms with Crippen molar-refractivity contribution in [3.63, 3.8) is 0 Å². The van der Waals surface area contributed by atoms with Crippen LogP contribution in [-0.2, 0) is 10.1 Å². The van der Waals surface area contributed by atoms with Crippen molar-refractivity contribution in [1.29, 1.82) is 0 Å². The van der Waals surface area contributed by atoms with Crippen LogP contribution < -0.4 is 10.6 Å². The lowest BCUT2D eigenvalue weighted by Crippen LogP contribution is -2.48. The summed E-state index contributed by atoms with van der Waals surface area (Å²) in [7, 11) is -5.28. The fourth-order valence-electron chi connectivity index (χ4n) is 4.31. The fraction of sp³-hybridized carbons (Fsp3) is 0.231. The molecule has 0 aliphatic heterocycles. The molecule has 1 aliphatic carbocycles. The van der Waals surface area contributed by atoms with E-state index in [4.69, 9.17) is 5.11 Å². The van der Waals surface area contributed by atoms with Crippen LogP contribution in [0.4, 0.5) is 17.1 Å². The van der Waals surface area contributed by atoms with E-state index in [0.717, 1.165) is 6.07 Å². The largest absolute Gasteiger partial charge is 0.744 e. The van der Waals surface area contributed by atoms with Crippen LogP contribution in [0.1, 0.15) is 31.8 Å². The number of aliphatic hydroxyl groups excluding tert-OH is 5. The number of rotatable bonds is 10. The summed E-state index contributed by atoms with van der Waals surface area (Å²) in [5, 5.41) is 54.3. The lowest BCUT2D eigenvalue weighted by atomic mass is 9.82. The second kappa shape index (κ2) is 11.2. The number of carbonyl (C=O) groups is 2. The number of aliphatic hydroxyl groups is 5. The number of ketones is 2. The third kappa shape index (κ3) is 5.55. The van der Waals surface area contributed by atoms with Crippen molar-refractivity contribution in [1.82, 2.24) is 0 Å². The predicted octanol–water partition coefficient (Wildman–Crippen LogP) is -0.0425. The van der Waals surface area contributed by atoms with Crippen LogP contribution in [-0.4, -0.2) is 87.6 Å². The Labute approximate surface area is 222 Å². The number of hydrogen-bond acceptors (Lipinski definition) is 12. The SMILES string of the molecule is O=C1c2ccccc2C(=O)c2c(NCC(O)C(O)C(O)C(O)CO)c(S(=O)(=O)[O-])cc(Nc3ccccc3)c21. The first-order valence-corrected chi connectivity index (χ1v) is 13.1. The summed E-state index contributed by atoms with van der Waals surface area (Å²) in [6.45, 7) is -1.64. The minimum absolute atomic E-state index is 0.0359. The van der Waals surface area contributed by atoms with Gasteiger partial charge in [-0.1, -0.05) is 42.5 Å².